The van der Waals surface area contributed by atoms with Gasteiger partial charge >= 0.3 is 5.69 Å². The van der Waals surface area contributed by atoms with E-state index in [0.29, 0.717) is 0 Å². The monoisotopic (exact) mass is 208 g/mol. The van der Waals surface area contributed by atoms with Crippen LogP contribution < -0.4 is 17.1 Å². The highest BCUT2D eigenvalue weighted by atomic mass is 16.2. The van der Waals surface area contributed by atoms with E-state index in [9.17, 15) is 9.59 Å². The molecule has 0 aliphatic carbocycles. The van der Waals surface area contributed by atoms with Crippen LogP contribution in [0.4, 0.5) is 5.95 Å². The lowest BCUT2D eigenvalue weighted by Crippen LogP contribution is -2.23. The van der Waals surface area contributed by atoms with Gasteiger partial charge in [0.25, 0.3) is 11.5 Å². The number of aromatic nitrogens is 5. The first-order chi connectivity index (χ1) is 7.20. The Balaban J connectivity index is 2.82. The van der Waals surface area contributed by atoms with Gasteiger partial charge in [0, 0.05) is 0 Å². The quantitative estimate of drug-likeness (QED) is 0.290. The van der Waals surface area contributed by atoms with Crippen molar-refractivity contribution in [2.24, 2.45) is 16.2 Å². The number of nitrogens with two attached hydrogens (primary N) is 1. The van der Waals surface area contributed by atoms with Crippen LogP contribution in [0.5, 0.6) is 0 Å². The van der Waals surface area contributed by atoms with Crippen molar-refractivity contribution in [2.45, 2.75) is 0 Å². The fourth-order valence-electron chi connectivity index (χ4n) is 0.953. The van der Waals surface area contributed by atoms with Crippen LogP contribution in [0.25, 0.3) is 11.2 Å². The molecule has 2 rings (SSSR count). The van der Waals surface area contributed by atoms with E-state index in [4.69, 9.17) is 5.84 Å². The van der Waals surface area contributed by atoms with Gasteiger partial charge in [0.05, 0.1) is 0 Å². The van der Waals surface area contributed by atoms with Crippen LogP contribution in [-0.2, 0) is 0 Å². The lowest BCUT2D eigenvalue weighted by atomic mass is 10.5. The molecule has 0 bridgehead atoms. The zero-order chi connectivity index (χ0) is 10.8. The molecule has 0 unspecified atom stereocenters. The Labute approximate surface area is 80.3 Å². The minimum atomic E-state index is -0.691. The van der Waals surface area contributed by atoms with Crippen LogP contribution in [-0.4, -0.2) is 25.1 Å². The van der Waals surface area contributed by atoms with Crippen LogP contribution in [0.2, 0.25) is 0 Å². The van der Waals surface area contributed by atoms with Gasteiger partial charge in [0.2, 0.25) is 0 Å². The fourth-order valence-corrected chi connectivity index (χ4v) is 0.953. The van der Waals surface area contributed by atoms with Crippen LogP contribution in [0.1, 0.15) is 0 Å². The number of nitrogens with zero attached hydrogens (tertiary/aromatic N) is 5. The zero-order valence-corrected chi connectivity index (χ0v) is 7.13. The predicted molar refractivity (Wildman–Crippen MR) is 47.3 cm³/mol. The van der Waals surface area contributed by atoms with E-state index >= 15 is 0 Å². The Morgan fingerprint density at radius 3 is 2.73 bits per heavy atom. The molecule has 0 radical (unpaired) electrons. The SMILES string of the molecule is NN=Nc1nnc2c(=O)[nH]c(=O)[nH]c2n1. The highest BCUT2D eigenvalue weighted by molar-refractivity contribution is 5.67. The van der Waals surface area contributed by atoms with Gasteiger partial charge < -0.3 is 5.84 Å². The van der Waals surface area contributed by atoms with Crippen molar-refractivity contribution in [2.75, 3.05) is 0 Å². The highest BCUT2D eigenvalue weighted by Crippen LogP contribution is 2.03. The molecule has 4 N–H and O–H groups in total. The van der Waals surface area contributed by atoms with Crippen molar-refractivity contribution in [3.8, 4) is 0 Å². The van der Waals surface area contributed by atoms with Crippen molar-refractivity contribution in [3.63, 3.8) is 0 Å². The third kappa shape index (κ3) is 1.54. The van der Waals surface area contributed by atoms with Crippen LogP contribution >= 0.6 is 0 Å². The minimum absolute atomic E-state index is 0.0267. The maximum atomic E-state index is 11.2. The number of fused-ring (bicyclic) bond motifs is 1. The standard InChI is InChI=1S/C5H4N8O2/c6-13-12-4-7-2-1(10-11-4)3(14)9-5(15)8-2/h(H4,6,7,8,9,11,12,14,15). The number of aromatic amines is 2. The maximum absolute atomic E-state index is 11.2. The summed E-state index contributed by atoms with van der Waals surface area (Å²) in [5.74, 6) is 4.63. The first kappa shape index (κ1) is 8.93. The lowest BCUT2D eigenvalue weighted by molar-refractivity contribution is 0.921. The summed E-state index contributed by atoms with van der Waals surface area (Å²) in [6.07, 6.45) is 0. The van der Waals surface area contributed by atoms with Crippen molar-refractivity contribution in [1.82, 2.24) is 25.1 Å². The topological polar surface area (TPSA) is 155 Å². The van der Waals surface area contributed by atoms with Gasteiger partial charge in [-0.2, -0.15) is 4.98 Å². The molecule has 0 amide bonds. The molecule has 0 aromatic carbocycles. The summed E-state index contributed by atoms with van der Waals surface area (Å²) in [6, 6.07) is 0. The highest BCUT2D eigenvalue weighted by Gasteiger charge is 2.05. The summed E-state index contributed by atoms with van der Waals surface area (Å²) in [5.41, 5.74) is -1.49. The molecule has 2 heterocycles. The van der Waals surface area contributed by atoms with E-state index in [1.165, 1.54) is 0 Å². The summed E-state index contributed by atoms with van der Waals surface area (Å²) in [4.78, 5) is 30.0. The smallest absolute Gasteiger partial charge is 0.304 e. The predicted octanol–water partition coefficient (Wildman–Crippen LogP) is -1.64. The molecule has 0 atom stereocenters. The summed E-state index contributed by atoms with van der Waals surface area (Å²) in [7, 11) is 0. The number of hydrogen-bond donors (Lipinski definition) is 3. The summed E-state index contributed by atoms with van der Waals surface area (Å²) in [5, 5.41) is 13.2. The Morgan fingerprint density at radius 2 is 2.00 bits per heavy atom. The number of hydrogen-bond acceptors (Lipinski definition) is 7. The van der Waals surface area contributed by atoms with Crippen LogP contribution in [0, 0.1) is 0 Å². The fraction of sp³-hybridized carbons (Fsp3) is 0. The van der Waals surface area contributed by atoms with E-state index in [2.05, 4.69) is 30.5 Å². The molecule has 15 heavy (non-hydrogen) atoms. The molecular weight excluding hydrogens is 204 g/mol. The molecule has 0 spiro atoms. The third-order valence-corrected chi connectivity index (χ3v) is 1.50. The summed E-state index contributed by atoms with van der Waals surface area (Å²) >= 11 is 0. The second kappa shape index (κ2) is 3.25. The largest absolute Gasteiger partial charge is 0.327 e. The number of H-pyrrole nitrogens is 2. The molecule has 0 fully saturated rings. The molecule has 10 heteroatoms. The zero-order valence-electron chi connectivity index (χ0n) is 7.13. The van der Waals surface area contributed by atoms with Crippen molar-refractivity contribution < 1.29 is 0 Å². The molecule has 76 valence electrons. The van der Waals surface area contributed by atoms with Gasteiger partial charge in [0.15, 0.2) is 11.2 Å². The second-order valence-electron chi connectivity index (χ2n) is 2.43. The van der Waals surface area contributed by atoms with Crippen LogP contribution in [0.3, 0.4) is 0 Å². The summed E-state index contributed by atoms with van der Waals surface area (Å²) < 4.78 is 0. The molecule has 10 nitrogen and oxygen atoms in total. The van der Waals surface area contributed by atoms with Crippen molar-refractivity contribution in [3.05, 3.63) is 20.8 Å². The van der Waals surface area contributed by atoms with E-state index in [1.807, 2.05) is 4.98 Å². The molecule has 2 aromatic rings. The first-order valence-electron chi connectivity index (χ1n) is 3.68. The van der Waals surface area contributed by atoms with Crippen molar-refractivity contribution in [1.29, 1.82) is 0 Å². The molecule has 0 saturated heterocycles. The van der Waals surface area contributed by atoms with Gasteiger partial charge in [-0.25, -0.2) is 4.79 Å². The molecular formula is C5H4N8O2. The van der Waals surface area contributed by atoms with Crippen LogP contribution in [0.15, 0.2) is 19.9 Å². The van der Waals surface area contributed by atoms with Gasteiger partial charge in [0.1, 0.15) is 0 Å². The van der Waals surface area contributed by atoms with Gasteiger partial charge in [-0.05, 0) is 0 Å². The molecule has 2 aromatic heterocycles. The molecule has 0 aliphatic heterocycles. The average Bonchev–Trinajstić information content (AvgIpc) is 2.17. The van der Waals surface area contributed by atoms with Gasteiger partial charge in [-0.15, -0.1) is 10.2 Å². The molecule has 0 aliphatic rings. The Morgan fingerprint density at radius 1 is 1.20 bits per heavy atom. The molecule has 0 saturated carbocycles. The Kier molecular flexibility index (Phi) is 1.93. The average molecular weight is 208 g/mol. The van der Waals surface area contributed by atoms with E-state index in [1.54, 1.807) is 0 Å². The summed E-state index contributed by atoms with van der Waals surface area (Å²) in [6.45, 7) is 0. The van der Waals surface area contributed by atoms with E-state index in [-0.39, 0.29) is 17.1 Å². The third-order valence-electron chi connectivity index (χ3n) is 1.50. The van der Waals surface area contributed by atoms with Gasteiger partial charge in [-0.1, -0.05) is 10.3 Å². The first-order valence-corrected chi connectivity index (χ1v) is 3.68. The normalized spacial score (nSPS) is 11.2. The Hall–Kier alpha value is -2.65. The van der Waals surface area contributed by atoms with E-state index < -0.39 is 11.2 Å². The number of nitrogens with one attached hydrogen (secondary N) is 2. The number of rotatable bonds is 1. The Bertz CT molecular complexity index is 639. The van der Waals surface area contributed by atoms with Crippen molar-refractivity contribution >= 4 is 17.1 Å². The minimum Gasteiger partial charge on any atom is -0.304 e. The van der Waals surface area contributed by atoms with E-state index in [0.717, 1.165) is 0 Å². The van der Waals surface area contributed by atoms with Gasteiger partial charge in [-0.3, -0.25) is 14.8 Å². The maximum Gasteiger partial charge on any atom is 0.327 e. The lowest BCUT2D eigenvalue weighted by Gasteiger charge is -1.93. The second-order valence-corrected chi connectivity index (χ2v) is 2.43.